The van der Waals surface area contributed by atoms with Gasteiger partial charge in [-0.3, -0.25) is 9.20 Å². The van der Waals surface area contributed by atoms with Gasteiger partial charge in [0.2, 0.25) is 0 Å². The second kappa shape index (κ2) is 8.06. The van der Waals surface area contributed by atoms with Crippen molar-refractivity contribution >= 4 is 11.3 Å². The zero-order chi connectivity index (χ0) is 20.4. The van der Waals surface area contributed by atoms with Crippen LogP contribution in [0.5, 0.6) is 11.5 Å². The van der Waals surface area contributed by atoms with Crippen molar-refractivity contribution < 1.29 is 13.9 Å². The lowest BCUT2D eigenvalue weighted by atomic mass is 10.1. The number of piperazine rings is 1. The standard InChI is InChI=1S/C20H22FN5O3/c1-28-17-4-3-13(9-18(17)29-2)16-11-19(27)26-12-14(10-15(21)20(26)23-16)24-25-7-5-22-6-8-25/h3-4,9-12,22,24H,5-8H2,1-2H3. The Hall–Kier alpha value is -3.17. The number of nitrogens with one attached hydrogen (secondary N) is 2. The minimum Gasteiger partial charge on any atom is -0.493 e. The maximum Gasteiger partial charge on any atom is 0.258 e. The van der Waals surface area contributed by atoms with Crippen molar-refractivity contribution in [3.8, 4) is 22.8 Å². The van der Waals surface area contributed by atoms with Crippen LogP contribution >= 0.6 is 0 Å². The van der Waals surface area contributed by atoms with E-state index in [9.17, 15) is 9.18 Å². The molecule has 0 unspecified atom stereocenters. The molecule has 1 aliphatic rings. The molecule has 1 fully saturated rings. The lowest BCUT2D eigenvalue weighted by Gasteiger charge is -2.28. The van der Waals surface area contributed by atoms with E-state index < -0.39 is 5.82 Å². The number of aromatic nitrogens is 2. The van der Waals surface area contributed by atoms with Gasteiger partial charge in [-0.2, -0.15) is 0 Å². The predicted octanol–water partition coefficient (Wildman–Crippen LogP) is 1.75. The molecule has 0 bridgehead atoms. The number of pyridine rings is 1. The van der Waals surface area contributed by atoms with E-state index in [2.05, 4.69) is 15.7 Å². The first kappa shape index (κ1) is 19.2. The molecule has 9 heteroatoms. The van der Waals surface area contributed by atoms with E-state index >= 15 is 0 Å². The van der Waals surface area contributed by atoms with Crippen LogP contribution in [0.4, 0.5) is 10.1 Å². The molecule has 0 saturated carbocycles. The summed E-state index contributed by atoms with van der Waals surface area (Å²) in [4.78, 5) is 17.1. The third kappa shape index (κ3) is 3.87. The van der Waals surface area contributed by atoms with Crippen molar-refractivity contribution in [3.05, 3.63) is 52.7 Å². The molecule has 0 radical (unpaired) electrons. The molecule has 4 rings (SSSR count). The number of benzene rings is 1. The molecule has 1 aromatic carbocycles. The second-order valence-electron chi connectivity index (χ2n) is 6.67. The average molecular weight is 399 g/mol. The van der Waals surface area contributed by atoms with Gasteiger partial charge < -0.3 is 20.2 Å². The van der Waals surface area contributed by atoms with E-state index in [1.807, 2.05) is 5.01 Å². The number of anilines is 1. The third-order valence-electron chi connectivity index (χ3n) is 4.80. The minimum atomic E-state index is -0.579. The number of rotatable bonds is 5. The van der Waals surface area contributed by atoms with Crippen molar-refractivity contribution in [2.45, 2.75) is 0 Å². The number of ether oxygens (including phenoxy) is 2. The summed E-state index contributed by atoms with van der Waals surface area (Å²) in [6, 6.07) is 7.90. The van der Waals surface area contributed by atoms with Gasteiger partial charge in [0.25, 0.3) is 5.56 Å². The number of fused-ring (bicyclic) bond motifs is 1. The third-order valence-corrected chi connectivity index (χ3v) is 4.80. The summed E-state index contributed by atoms with van der Waals surface area (Å²) in [5.41, 5.74) is 4.23. The molecule has 8 nitrogen and oxygen atoms in total. The molecule has 0 spiro atoms. The van der Waals surface area contributed by atoms with Gasteiger partial charge in [-0.25, -0.2) is 14.4 Å². The van der Waals surface area contributed by atoms with Crippen LogP contribution in [0.25, 0.3) is 16.9 Å². The number of hydrazine groups is 1. The van der Waals surface area contributed by atoms with E-state index in [-0.39, 0.29) is 11.2 Å². The van der Waals surface area contributed by atoms with Gasteiger partial charge >= 0.3 is 0 Å². The average Bonchev–Trinajstić information content (AvgIpc) is 2.74. The highest BCUT2D eigenvalue weighted by atomic mass is 19.1. The maximum atomic E-state index is 14.8. The normalized spacial score (nSPS) is 14.7. The highest BCUT2D eigenvalue weighted by Gasteiger charge is 2.14. The summed E-state index contributed by atoms with van der Waals surface area (Å²) in [6.07, 6.45) is 1.56. The molecule has 2 aromatic heterocycles. The maximum absolute atomic E-state index is 14.8. The van der Waals surface area contributed by atoms with Crippen molar-refractivity contribution in [3.63, 3.8) is 0 Å². The quantitative estimate of drug-likeness (QED) is 0.677. The van der Waals surface area contributed by atoms with Crippen LogP contribution in [0, 0.1) is 5.82 Å². The first-order chi connectivity index (χ1) is 14.1. The van der Waals surface area contributed by atoms with Crippen LogP contribution in [0.2, 0.25) is 0 Å². The number of hydrogen-bond donors (Lipinski definition) is 2. The molecule has 1 saturated heterocycles. The Morgan fingerprint density at radius 2 is 1.86 bits per heavy atom. The molecule has 0 atom stereocenters. The highest BCUT2D eigenvalue weighted by Crippen LogP contribution is 2.31. The number of methoxy groups -OCH3 is 2. The first-order valence-electron chi connectivity index (χ1n) is 9.27. The van der Waals surface area contributed by atoms with Gasteiger partial charge in [0.1, 0.15) is 0 Å². The SMILES string of the molecule is COc1ccc(-c2cc(=O)n3cc(NN4CCNCC4)cc(F)c3n2)cc1OC. The lowest BCUT2D eigenvalue weighted by Crippen LogP contribution is -2.46. The lowest BCUT2D eigenvalue weighted by molar-refractivity contribution is 0.287. The number of halogens is 1. The van der Waals surface area contributed by atoms with Crippen molar-refractivity contribution in [1.82, 2.24) is 19.7 Å². The van der Waals surface area contributed by atoms with E-state index in [1.165, 1.54) is 23.6 Å². The summed E-state index contributed by atoms with van der Waals surface area (Å²) < 4.78 is 26.5. The molecule has 3 aromatic rings. The first-order valence-corrected chi connectivity index (χ1v) is 9.27. The Balaban J connectivity index is 1.73. The molecule has 2 N–H and O–H groups in total. The highest BCUT2D eigenvalue weighted by molar-refractivity contribution is 5.66. The van der Waals surface area contributed by atoms with E-state index in [0.29, 0.717) is 28.4 Å². The Labute approximate surface area is 166 Å². The summed E-state index contributed by atoms with van der Waals surface area (Å²) in [5, 5.41) is 5.23. The van der Waals surface area contributed by atoms with Crippen molar-refractivity contribution in [1.29, 1.82) is 0 Å². The fourth-order valence-corrected chi connectivity index (χ4v) is 3.33. The van der Waals surface area contributed by atoms with E-state index in [4.69, 9.17) is 9.47 Å². The zero-order valence-corrected chi connectivity index (χ0v) is 16.2. The Morgan fingerprint density at radius 1 is 1.10 bits per heavy atom. The Kier molecular flexibility index (Phi) is 5.32. The second-order valence-corrected chi connectivity index (χ2v) is 6.67. The molecular weight excluding hydrogens is 377 g/mol. The molecule has 152 valence electrons. The van der Waals surface area contributed by atoms with Crippen LogP contribution in [0.15, 0.2) is 41.3 Å². The Morgan fingerprint density at radius 3 is 2.59 bits per heavy atom. The van der Waals surface area contributed by atoms with Gasteiger partial charge in [-0.15, -0.1) is 0 Å². The summed E-state index contributed by atoms with van der Waals surface area (Å²) in [7, 11) is 3.07. The van der Waals surface area contributed by atoms with Crippen LogP contribution in [0.3, 0.4) is 0 Å². The molecule has 3 heterocycles. The Bertz CT molecular complexity index is 1100. The summed E-state index contributed by atoms with van der Waals surface area (Å²) >= 11 is 0. The molecule has 29 heavy (non-hydrogen) atoms. The van der Waals surface area contributed by atoms with Gasteiger partial charge in [0.15, 0.2) is 23.0 Å². The molecule has 0 amide bonds. The minimum absolute atomic E-state index is 0.0341. The van der Waals surface area contributed by atoms with E-state index in [0.717, 1.165) is 26.2 Å². The van der Waals surface area contributed by atoms with Gasteiger partial charge in [0, 0.05) is 50.1 Å². The number of hydrogen-bond acceptors (Lipinski definition) is 7. The molecule has 1 aliphatic heterocycles. The van der Waals surface area contributed by atoms with Crippen molar-refractivity contribution in [2.24, 2.45) is 0 Å². The van der Waals surface area contributed by atoms with Gasteiger partial charge in [0.05, 0.1) is 25.6 Å². The smallest absolute Gasteiger partial charge is 0.258 e. The van der Waals surface area contributed by atoms with Crippen LogP contribution in [-0.2, 0) is 0 Å². The monoisotopic (exact) mass is 399 g/mol. The van der Waals surface area contributed by atoms with Gasteiger partial charge in [-0.1, -0.05) is 0 Å². The van der Waals surface area contributed by atoms with Gasteiger partial charge in [-0.05, 0) is 18.2 Å². The molecular formula is C20H22FN5O3. The van der Waals surface area contributed by atoms with Crippen LogP contribution < -0.4 is 25.8 Å². The molecule has 0 aliphatic carbocycles. The van der Waals surface area contributed by atoms with Crippen molar-refractivity contribution in [2.75, 3.05) is 45.8 Å². The van der Waals surface area contributed by atoms with E-state index in [1.54, 1.807) is 31.5 Å². The summed E-state index contributed by atoms with van der Waals surface area (Å²) in [6.45, 7) is 3.26. The fourth-order valence-electron chi connectivity index (χ4n) is 3.33. The summed E-state index contributed by atoms with van der Waals surface area (Å²) in [5.74, 6) is 0.483. The number of nitrogens with zero attached hydrogens (tertiary/aromatic N) is 3. The van der Waals surface area contributed by atoms with Crippen LogP contribution in [-0.4, -0.2) is 54.8 Å². The zero-order valence-electron chi connectivity index (χ0n) is 16.2. The predicted molar refractivity (Wildman–Crippen MR) is 108 cm³/mol. The van der Waals surface area contributed by atoms with Crippen LogP contribution in [0.1, 0.15) is 0 Å². The largest absolute Gasteiger partial charge is 0.493 e. The topological polar surface area (TPSA) is 80.1 Å². The fraction of sp³-hybridized carbons (Fsp3) is 0.300.